The molecule has 19 heavy (non-hydrogen) atoms. The lowest BCUT2D eigenvalue weighted by atomic mass is 9.79. The summed E-state index contributed by atoms with van der Waals surface area (Å²) in [5.74, 6) is 1.50. The summed E-state index contributed by atoms with van der Waals surface area (Å²) in [6.45, 7) is 4.59. The predicted octanol–water partition coefficient (Wildman–Crippen LogP) is 1.94. The van der Waals surface area contributed by atoms with Crippen molar-refractivity contribution in [2.45, 2.75) is 64.5 Å². The first kappa shape index (κ1) is 14.5. The van der Waals surface area contributed by atoms with Gasteiger partial charge >= 0.3 is 0 Å². The lowest BCUT2D eigenvalue weighted by molar-refractivity contribution is -0.148. The van der Waals surface area contributed by atoms with E-state index < -0.39 is 0 Å². The number of imide groups is 1. The molecule has 1 saturated heterocycles. The molecule has 2 fully saturated rings. The molecule has 2 rings (SSSR count). The van der Waals surface area contributed by atoms with Crippen LogP contribution in [-0.2, 0) is 9.59 Å². The largest absolute Gasteiger partial charge is 0.303 e. The zero-order chi connectivity index (χ0) is 14.0. The number of rotatable bonds is 3. The Morgan fingerprint density at radius 1 is 1.11 bits per heavy atom. The van der Waals surface area contributed by atoms with Crippen LogP contribution < -0.4 is 5.32 Å². The van der Waals surface area contributed by atoms with Gasteiger partial charge in [0.15, 0.2) is 0 Å². The number of nitrogens with zero attached hydrogens (tertiary/aromatic N) is 1. The van der Waals surface area contributed by atoms with E-state index in [0.717, 1.165) is 24.7 Å². The zero-order valence-electron chi connectivity index (χ0n) is 12.3. The summed E-state index contributed by atoms with van der Waals surface area (Å²) in [6, 6.07) is 0.300. The molecule has 108 valence electrons. The molecule has 2 amide bonds. The van der Waals surface area contributed by atoms with E-state index in [2.05, 4.69) is 19.2 Å². The lowest BCUT2D eigenvalue weighted by Crippen LogP contribution is -2.54. The predicted molar refractivity (Wildman–Crippen MR) is 74.5 cm³/mol. The molecule has 4 heteroatoms. The van der Waals surface area contributed by atoms with Gasteiger partial charge in [-0.15, -0.1) is 0 Å². The average molecular weight is 266 g/mol. The number of amides is 2. The Bertz CT molecular complexity index is 346. The molecule has 1 heterocycles. The van der Waals surface area contributed by atoms with Crippen LogP contribution in [0.3, 0.4) is 0 Å². The van der Waals surface area contributed by atoms with Crippen LogP contribution in [0.15, 0.2) is 0 Å². The number of hydrogen-bond acceptors (Lipinski definition) is 3. The summed E-state index contributed by atoms with van der Waals surface area (Å²) in [5.41, 5.74) is 0. The SMILES string of the molecule is CC(C)C1CCC(NC2CCC(=O)N(C)C2=O)CC1. The average Bonchev–Trinajstić information content (AvgIpc) is 2.40. The van der Waals surface area contributed by atoms with Gasteiger partial charge in [-0.2, -0.15) is 0 Å². The van der Waals surface area contributed by atoms with E-state index >= 15 is 0 Å². The maximum atomic E-state index is 12.0. The second kappa shape index (κ2) is 6.04. The molecule has 0 bridgehead atoms. The maximum Gasteiger partial charge on any atom is 0.246 e. The Labute approximate surface area is 115 Å². The zero-order valence-corrected chi connectivity index (χ0v) is 12.3. The van der Waals surface area contributed by atoms with Gasteiger partial charge in [0.05, 0.1) is 6.04 Å². The molecule has 1 atom stereocenters. The molecule has 0 radical (unpaired) electrons. The quantitative estimate of drug-likeness (QED) is 0.794. The van der Waals surface area contributed by atoms with E-state index in [4.69, 9.17) is 0 Å². The molecule has 0 aromatic heterocycles. The number of carbonyl (C=O) groups excluding carboxylic acids is 2. The van der Waals surface area contributed by atoms with Gasteiger partial charge in [0.2, 0.25) is 11.8 Å². The summed E-state index contributed by atoms with van der Waals surface area (Å²) in [6.07, 6.45) is 5.97. The van der Waals surface area contributed by atoms with E-state index in [0.29, 0.717) is 18.9 Å². The highest BCUT2D eigenvalue weighted by Gasteiger charge is 2.34. The molecule has 1 saturated carbocycles. The van der Waals surface area contributed by atoms with Crippen molar-refractivity contribution in [3.05, 3.63) is 0 Å². The van der Waals surface area contributed by atoms with Gasteiger partial charge in [-0.1, -0.05) is 13.8 Å². The monoisotopic (exact) mass is 266 g/mol. The van der Waals surface area contributed by atoms with Gasteiger partial charge in [-0.05, 0) is 43.9 Å². The minimum absolute atomic E-state index is 0.0495. The number of hydrogen-bond donors (Lipinski definition) is 1. The van der Waals surface area contributed by atoms with Crippen molar-refractivity contribution in [1.29, 1.82) is 0 Å². The molecule has 0 aromatic rings. The third-order valence-corrected chi connectivity index (χ3v) is 4.80. The Morgan fingerprint density at radius 3 is 2.32 bits per heavy atom. The molecular formula is C15H26N2O2. The van der Waals surface area contributed by atoms with Crippen LogP contribution in [0.5, 0.6) is 0 Å². The fourth-order valence-electron chi connectivity index (χ4n) is 3.31. The normalized spacial score (nSPS) is 33.1. The topological polar surface area (TPSA) is 49.4 Å². The first-order valence-corrected chi connectivity index (χ1v) is 7.55. The molecule has 0 aromatic carbocycles. The molecule has 4 nitrogen and oxygen atoms in total. The minimum Gasteiger partial charge on any atom is -0.303 e. The Hall–Kier alpha value is -0.900. The van der Waals surface area contributed by atoms with Crippen LogP contribution in [0.4, 0.5) is 0 Å². The molecule has 1 aliphatic carbocycles. The second-order valence-electron chi connectivity index (χ2n) is 6.40. The van der Waals surface area contributed by atoms with E-state index in [-0.39, 0.29) is 17.9 Å². The first-order chi connectivity index (χ1) is 8.99. The van der Waals surface area contributed by atoms with Crippen molar-refractivity contribution in [2.75, 3.05) is 7.05 Å². The molecular weight excluding hydrogens is 240 g/mol. The number of nitrogens with one attached hydrogen (secondary N) is 1. The smallest absolute Gasteiger partial charge is 0.246 e. The van der Waals surface area contributed by atoms with Crippen LogP contribution in [0.25, 0.3) is 0 Å². The van der Waals surface area contributed by atoms with Crippen molar-refractivity contribution in [2.24, 2.45) is 11.8 Å². The van der Waals surface area contributed by atoms with E-state index in [1.165, 1.54) is 17.7 Å². The third kappa shape index (κ3) is 3.35. The summed E-state index contributed by atoms with van der Waals surface area (Å²) in [5, 5.41) is 3.47. The Balaban J connectivity index is 1.83. The number of piperidine rings is 1. The Morgan fingerprint density at radius 2 is 1.74 bits per heavy atom. The van der Waals surface area contributed by atoms with Gasteiger partial charge in [-0.3, -0.25) is 14.5 Å². The highest BCUT2D eigenvalue weighted by Crippen LogP contribution is 2.30. The summed E-state index contributed by atoms with van der Waals surface area (Å²) in [4.78, 5) is 24.7. The number of likely N-dealkylation sites (N-methyl/N-ethyl adjacent to an activating group) is 1. The summed E-state index contributed by atoms with van der Waals surface area (Å²) < 4.78 is 0. The van der Waals surface area contributed by atoms with E-state index in [1.54, 1.807) is 7.05 Å². The van der Waals surface area contributed by atoms with E-state index in [1.807, 2.05) is 0 Å². The molecule has 1 N–H and O–H groups in total. The van der Waals surface area contributed by atoms with Crippen LogP contribution in [0.2, 0.25) is 0 Å². The number of likely N-dealkylation sites (tertiary alicyclic amines) is 1. The Kier molecular flexibility index (Phi) is 4.61. The van der Waals surface area contributed by atoms with Crippen LogP contribution in [0, 0.1) is 11.8 Å². The number of carbonyl (C=O) groups is 2. The summed E-state index contributed by atoms with van der Waals surface area (Å²) >= 11 is 0. The van der Waals surface area contributed by atoms with Crippen LogP contribution in [0.1, 0.15) is 52.4 Å². The molecule has 1 aliphatic heterocycles. The minimum atomic E-state index is -0.150. The van der Waals surface area contributed by atoms with Gasteiger partial charge in [0, 0.05) is 19.5 Å². The van der Waals surface area contributed by atoms with Gasteiger partial charge < -0.3 is 5.32 Å². The molecule has 1 unspecified atom stereocenters. The van der Waals surface area contributed by atoms with Gasteiger partial charge in [0.25, 0.3) is 0 Å². The van der Waals surface area contributed by atoms with Crippen molar-refractivity contribution in [1.82, 2.24) is 10.2 Å². The van der Waals surface area contributed by atoms with Gasteiger partial charge in [-0.25, -0.2) is 0 Å². The lowest BCUT2D eigenvalue weighted by Gasteiger charge is -2.35. The second-order valence-corrected chi connectivity index (χ2v) is 6.40. The van der Waals surface area contributed by atoms with Crippen molar-refractivity contribution < 1.29 is 9.59 Å². The van der Waals surface area contributed by atoms with E-state index in [9.17, 15) is 9.59 Å². The standard InChI is InChI=1S/C15H26N2O2/c1-10(2)11-4-6-12(7-5-11)16-13-8-9-14(18)17(3)15(13)19/h10-13,16H,4-9H2,1-3H3. The fourth-order valence-corrected chi connectivity index (χ4v) is 3.31. The van der Waals surface area contributed by atoms with Crippen molar-refractivity contribution in [3.63, 3.8) is 0 Å². The maximum absolute atomic E-state index is 12.0. The van der Waals surface area contributed by atoms with Crippen LogP contribution in [-0.4, -0.2) is 35.8 Å². The third-order valence-electron chi connectivity index (χ3n) is 4.80. The molecule has 0 spiro atoms. The van der Waals surface area contributed by atoms with Crippen molar-refractivity contribution in [3.8, 4) is 0 Å². The van der Waals surface area contributed by atoms with Crippen LogP contribution >= 0.6 is 0 Å². The summed E-state index contributed by atoms with van der Waals surface area (Å²) in [7, 11) is 1.59. The van der Waals surface area contributed by atoms with Gasteiger partial charge in [0.1, 0.15) is 0 Å². The highest BCUT2D eigenvalue weighted by molar-refractivity contribution is 6.00. The first-order valence-electron chi connectivity index (χ1n) is 7.55. The highest BCUT2D eigenvalue weighted by atomic mass is 16.2. The fraction of sp³-hybridized carbons (Fsp3) is 0.867. The molecule has 2 aliphatic rings. The van der Waals surface area contributed by atoms with Crippen molar-refractivity contribution >= 4 is 11.8 Å².